The Morgan fingerprint density at radius 3 is 2.56 bits per heavy atom. The van der Waals surface area contributed by atoms with E-state index < -0.39 is 17.6 Å². The lowest BCUT2D eigenvalue weighted by molar-refractivity contribution is -0.149. The number of esters is 1. The van der Waals surface area contributed by atoms with Crippen molar-refractivity contribution in [2.45, 2.75) is 51.7 Å². The fourth-order valence-corrected chi connectivity index (χ4v) is 2.10. The van der Waals surface area contributed by atoms with E-state index in [1.807, 2.05) is 13.8 Å². The van der Waals surface area contributed by atoms with Gasteiger partial charge in [-0.2, -0.15) is 0 Å². The molecule has 104 valence electrons. The minimum absolute atomic E-state index is 0.226. The maximum atomic E-state index is 12.1. The number of ether oxygens (including phenoxy) is 2. The topological polar surface area (TPSA) is 64.6 Å². The van der Waals surface area contributed by atoms with Gasteiger partial charge in [-0.3, -0.25) is 4.79 Å². The van der Waals surface area contributed by atoms with Crippen LogP contribution in [0.15, 0.2) is 0 Å². The molecule has 0 aromatic rings. The highest BCUT2D eigenvalue weighted by Crippen LogP contribution is 2.25. The Hall–Kier alpha value is -1.10. The van der Waals surface area contributed by atoms with Gasteiger partial charge in [0.15, 0.2) is 0 Å². The monoisotopic (exact) mass is 257 g/mol. The highest BCUT2D eigenvalue weighted by atomic mass is 16.5. The van der Waals surface area contributed by atoms with Gasteiger partial charge in [0.2, 0.25) is 0 Å². The van der Waals surface area contributed by atoms with Crippen LogP contribution in [0.1, 0.15) is 40.0 Å². The van der Waals surface area contributed by atoms with Crippen molar-refractivity contribution in [1.29, 1.82) is 0 Å². The van der Waals surface area contributed by atoms with Crippen LogP contribution in [0.3, 0.4) is 0 Å². The van der Waals surface area contributed by atoms with E-state index in [1.165, 1.54) is 7.11 Å². The Kier molecular flexibility index (Phi) is 5.14. The van der Waals surface area contributed by atoms with E-state index in [9.17, 15) is 9.59 Å². The first-order valence-corrected chi connectivity index (χ1v) is 6.42. The van der Waals surface area contributed by atoms with Crippen LogP contribution in [-0.2, 0) is 19.1 Å². The molecule has 18 heavy (non-hydrogen) atoms. The van der Waals surface area contributed by atoms with Crippen molar-refractivity contribution in [3.8, 4) is 0 Å². The van der Waals surface area contributed by atoms with E-state index in [2.05, 4.69) is 5.32 Å². The average Bonchev–Trinajstić information content (AvgIpc) is 2.75. The van der Waals surface area contributed by atoms with Crippen LogP contribution in [0.25, 0.3) is 0 Å². The quantitative estimate of drug-likeness (QED) is 0.753. The summed E-state index contributed by atoms with van der Waals surface area (Å²) in [5, 5.41) is 2.74. The summed E-state index contributed by atoms with van der Waals surface area (Å²) < 4.78 is 10.2. The molecule has 5 nitrogen and oxygen atoms in total. The van der Waals surface area contributed by atoms with Crippen LogP contribution in [0.5, 0.6) is 0 Å². The summed E-state index contributed by atoms with van der Waals surface area (Å²) in [6, 6.07) is -0.594. The molecule has 0 aromatic carbocycles. The fraction of sp³-hybridized carbons (Fsp3) is 0.846. The molecule has 0 aliphatic carbocycles. The molecule has 0 spiro atoms. The Balaban J connectivity index is 2.64. The van der Waals surface area contributed by atoms with E-state index in [1.54, 1.807) is 6.92 Å². The van der Waals surface area contributed by atoms with Gasteiger partial charge in [-0.05, 0) is 32.1 Å². The number of carbonyl (C=O) groups excluding carboxylic acids is 2. The Morgan fingerprint density at radius 1 is 1.44 bits per heavy atom. The first-order chi connectivity index (χ1) is 8.39. The molecule has 5 heteroatoms. The Bertz CT molecular complexity index is 308. The predicted octanol–water partition coefficient (Wildman–Crippen LogP) is 1.26. The number of hydrogen-bond acceptors (Lipinski definition) is 4. The lowest BCUT2D eigenvalue weighted by atomic mass is 9.99. The zero-order valence-corrected chi connectivity index (χ0v) is 11.6. The summed E-state index contributed by atoms with van der Waals surface area (Å²) in [5.41, 5.74) is -0.802. The fourth-order valence-electron chi connectivity index (χ4n) is 2.10. The largest absolute Gasteiger partial charge is 0.467 e. The van der Waals surface area contributed by atoms with Crippen molar-refractivity contribution in [3.63, 3.8) is 0 Å². The van der Waals surface area contributed by atoms with Crippen LogP contribution in [0.4, 0.5) is 0 Å². The van der Waals surface area contributed by atoms with Crippen molar-refractivity contribution in [2.75, 3.05) is 13.7 Å². The normalized spacial score (nSPS) is 24.9. The smallest absolute Gasteiger partial charge is 0.328 e. The first kappa shape index (κ1) is 15.0. The summed E-state index contributed by atoms with van der Waals surface area (Å²) >= 11 is 0. The second-order valence-corrected chi connectivity index (χ2v) is 5.36. The van der Waals surface area contributed by atoms with Crippen molar-refractivity contribution in [2.24, 2.45) is 5.92 Å². The van der Waals surface area contributed by atoms with Gasteiger partial charge in [-0.15, -0.1) is 0 Å². The minimum Gasteiger partial charge on any atom is -0.467 e. The first-order valence-electron chi connectivity index (χ1n) is 6.42. The molecule has 0 radical (unpaired) electrons. The van der Waals surface area contributed by atoms with Crippen LogP contribution in [0.2, 0.25) is 0 Å². The van der Waals surface area contributed by atoms with Crippen LogP contribution >= 0.6 is 0 Å². The lowest BCUT2D eigenvalue weighted by Gasteiger charge is -2.26. The maximum Gasteiger partial charge on any atom is 0.328 e. The highest BCUT2D eigenvalue weighted by molar-refractivity contribution is 5.89. The molecular weight excluding hydrogens is 234 g/mol. The van der Waals surface area contributed by atoms with E-state index in [4.69, 9.17) is 9.47 Å². The third-order valence-electron chi connectivity index (χ3n) is 3.20. The van der Waals surface area contributed by atoms with E-state index >= 15 is 0 Å². The molecule has 1 fully saturated rings. The Morgan fingerprint density at radius 2 is 2.11 bits per heavy atom. The number of amides is 1. The van der Waals surface area contributed by atoms with E-state index in [-0.39, 0.29) is 5.91 Å². The SMILES string of the molecule is COC(=O)C(CC(C)C)NC(=O)C1(C)CCCO1. The zero-order chi connectivity index (χ0) is 13.8. The zero-order valence-electron chi connectivity index (χ0n) is 11.6. The minimum atomic E-state index is -0.802. The third kappa shape index (κ3) is 3.70. The van der Waals surface area contributed by atoms with Crippen molar-refractivity contribution in [3.05, 3.63) is 0 Å². The maximum absolute atomic E-state index is 12.1. The molecule has 2 unspecified atom stereocenters. The van der Waals surface area contributed by atoms with Gasteiger partial charge in [-0.1, -0.05) is 13.8 Å². The summed E-state index contributed by atoms with van der Waals surface area (Å²) in [4.78, 5) is 23.8. The van der Waals surface area contributed by atoms with Crippen LogP contribution in [-0.4, -0.2) is 37.2 Å². The Labute approximate surface area is 108 Å². The highest BCUT2D eigenvalue weighted by Gasteiger charge is 2.39. The van der Waals surface area contributed by atoms with Gasteiger partial charge in [0.05, 0.1) is 7.11 Å². The van der Waals surface area contributed by atoms with Gasteiger partial charge in [0.25, 0.3) is 5.91 Å². The molecule has 1 amide bonds. The van der Waals surface area contributed by atoms with Crippen molar-refractivity contribution >= 4 is 11.9 Å². The van der Waals surface area contributed by atoms with Crippen LogP contribution in [0, 0.1) is 5.92 Å². The molecule has 0 saturated carbocycles. The van der Waals surface area contributed by atoms with Crippen molar-refractivity contribution < 1.29 is 19.1 Å². The van der Waals surface area contributed by atoms with E-state index in [0.717, 1.165) is 6.42 Å². The summed E-state index contributed by atoms with van der Waals surface area (Å²) in [5.74, 6) is -0.332. The molecule has 1 aliphatic rings. The van der Waals surface area contributed by atoms with Gasteiger partial charge in [-0.25, -0.2) is 4.79 Å². The number of carbonyl (C=O) groups is 2. The number of methoxy groups -OCH3 is 1. The molecule has 1 rings (SSSR count). The standard InChI is InChI=1S/C13H23NO4/c1-9(2)8-10(11(15)17-4)14-12(16)13(3)6-5-7-18-13/h9-10H,5-8H2,1-4H3,(H,14,16). The summed E-state index contributed by atoms with van der Waals surface area (Å²) in [7, 11) is 1.33. The van der Waals surface area contributed by atoms with Gasteiger partial charge < -0.3 is 14.8 Å². The van der Waals surface area contributed by atoms with Gasteiger partial charge in [0.1, 0.15) is 11.6 Å². The van der Waals surface area contributed by atoms with E-state index in [0.29, 0.717) is 25.4 Å². The molecule has 1 saturated heterocycles. The lowest BCUT2D eigenvalue weighted by Crippen LogP contribution is -2.51. The predicted molar refractivity (Wildman–Crippen MR) is 67.0 cm³/mol. The van der Waals surface area contributed by atoms with Gasteiger partial charge in [0, 0.05) is 6.61 Å². The number of nitrogens with one attached hydrogen (secondary N) is 1. The molecular formula is C13H23NO4. The third-order valence-corrected chi connectivity index (χ3v) is 3.20. The second kappa shape index (κ2) is 6.18. The molecule has 0 bridgehead atoms. The molecule has 1 N–H and O–H groups in total. The molecule has 2 atom stereocenters. The summed E-state index contributed by atoms with van der Waals surface area (Å²) in [6.45, 7) is 6.35. The van der Waals surface area contributed by atoms with Crippen molar-refractivity contribution in [1.82, 2.24) is 5.32 Å². The molecule has 1 aliphatic heterocycles. The number of rotatable bonds is 5. The number of hydrogen-bond donors (Lipinski definition) is 1. The second-order valence-electron chi connectivity index (χ2n) is 5.36. The molecule has 0 aromatic heterocycles. The van der Waals surface area contributed by atoms with Crippen LogP contribution < -0.4 is 5.32 Å². The summed E-state index contributed by atoms with van der Waals surface area (Å²) in [6.07, 6.45) is 2.12. The van der Waals surface area contributed by atoms with Gasteiger partial charge >= 0.3 is 5.97 Å². The average molecular weight is 257 g/mol. The molecule has 1 heterocycles.